The molecule has 0 saturated carbocycles. The quantitative estimate of drug-likeness (QED) is 0.413. The first-order chi connectivity index (χ1) is 16.3. The van der Waals surface area contributed by atoms with Crippen molar-refractivity contribution < 1.29 is 40.4 Å². The molecule has 0 aromatic heterocycles. The minimum atomic E-state index is -5.75. The number of halogens is 7. The number of benzene rings is 1. The van der Waals surface area contributed by atoms with E-state index in [1.807, 2.05) is 21.3 Å². The molecule has 1 aromatic rings. The van der Waals surface area contributed by atoms with Gasteiger partial charge >= 0.3 is 18.4 Å². The van der Waals surface area contributed by atoms with Gasteiger partial charge in [-0.25, -0.2) is 4.79 Å². The number of hydrogen-bond acceptors (Lipinski definition) is 6. The molecule has 198 valence electrons. The van der Waals surface area contributed by atoms with E-state index in [4.69, 9.17) is 11.6 Å². The van der Waals surface area contributed by atoms with Gasteiger partial charge in [-0.1, -0.05) is 17.7 Å². The molecule has 2 aliphatic heterocycles. The number of piperazine rings is 2. The molecule has 3 rings (SSSR count). The van der Waals surface area contributed by atoms with Gasteiger partial charge in [0.2, 0.25) is 0 Å². The van der Waals surface area contributed by atoms with E-state index in [0.29, 0.717) is 37.7 Å². The molecule has 1 unspecified atom stereocenters. The molecule has 0 aliphatic carbocycles. The minimum absolute atomic E-state index is 0.0782. The lowest BCUT2D eigenvalue weighted by Gasteiger charge is -2.38. The van der Waals surface area contributed by atoms with Crippen molar-refractivity contribution in [2.75, 3.05) is 63.5 Å². The number of carbonyl (C=O) groups is 1. The molecule has 2 saturated heterocycles. The lowest BCUT2D eigenvalue weighted by molar-refractivity contribution is -0.308. The van der Waals surface area contributed by atoms with E-state index < -0.39 is 35.9 Å². The van der Waals surface area contributed by atoms with Gasteiger partial charge in [0.15, 0.2) is 0 Å². The zero-order valence-corrected chi connectivity index (χ0v) is 20.3. The number of carbonyl (C=O) groups excluding carboxylic acids is 1. The molecular weight excluding hydrogens is 526 g/mol. The van der Waals surface area contributed by atoms with Crippen LogP contribution in [0.15, 0.2) is 18.2 Å². The highest BCUT2D eigenvalue weighted by Crippen LogP contribution is 2.36. The lowest BCUT2D eigenvalue weighted by atomic mass is 10.1. The smallest absolute Gasteiger partial charge is 0.434 e. The first-order valence-electron chi connectivity index (χ1n) is 10.7. The third-order valence-electron chi connectivity index (χ3n) is 5.83. The van der Waals surface area contributed by atoms with E-state index in [2.05, 4.69) is 9.64 Å². The number of anilines is 1. The van der Waals surface area contributed by atoms with Crippen LogP contribution >= 0.6 is 11.6 Å². The Labute approximate surface area is 206 Å². The summed E-state index contributed by atoms with van der Waals surface area (Å²) in [5.41, 5.74) is 1.84. The SMILES string of the molecule is C[S+]([O-])N1CCN(c2cc(Cl)ccc2CN2CCN(C(=O)OC(C(F)(F)F)C(F)(F)F)CC2)CC1. The molecule has 1 atom stereocenters. The normalized spacial score (nSPS) is 19.8. The van der Waals surface area contributed by atoms with Crippen LogP contribution in [0, 0.1) is 0 Å². The maximum absolute atomic E-state index is 12.7. The summed E-state index contributed by atoms with van der Waals surface area (Å²) in [6, 6.07) is 5.43. The van der Waals surface area contributed by atoms with Crippen LogP contribution in [0.3, 0.4) is 0 Å². The average Bonchev–Trinajstić information content (AvgIpc) is 2.77. The fourth-order valence-corrected chi connectivity index (χ4v) is 4.82. The zero-order valence-electron chi connectivity index (χ0n) is 18.7. The third-order valence-corrected chi connectivity index (χ3v) is 7.16. The topological polar surface area (TPSA) is 62.3 Å². The Morgan fingerprint density at radius 3 is 2.11 bits per heavy atom. The Morgan fingerprint density at radius 1 is 1.03 bits per heavy atom. The molecule has 15 heteroatoms. The number of ether oxygens (including phenoxy) is 1. The second-order valence-corrected chi connectivity index (χ2v) is 10.0. The van der Waals surface area contributed by atoms with Crippen LogP contribution in [-0.4, -0.2) is 102 Å². The van der Waals surface area contributed by atoms with Crippen molar-refractivity contribution >= 4 is 34.7 Å². The molecule has 1 amide bonds. The molecule has 2 fully saturated rings. The molecule has 0 bridgehead atoms. The molecule has 0 radical (unpaired) electrons. The van der Waals surface area contributed by atoms with Crippen LogP contribution in [0.2, 0.25) is 5.02 Å². The van der Waals surface area contributed by atoms with E-state index >= 15 is 0 Å². The molecule has 0 N–H and O–H groups in total. The number of hydrogen-bond donors (Lipinski definition) is 0. The van der Waals surface area contributed by atoms with Crippen molar-refractivity contribution in [3.8, 4) is 0 Å². The second-order valence-electron chi connectivity index (χ2n) is 8.22. The Kier molecular flexibility index (Phi) is 8.95. The molecular formula is C20H25ClF6N4O3S. The van der Waals surface area contributed by atoms with Crippen LogP contribution in [0.1, 0.15) is 5.56 Å². The van der Waals surface area contributed by atoms with E-state index in [1.165, 1.54) is 0 Å². The van der Waals surface area contributed by atoms with Gasteiger partial charge in [-0.2, -0.15) is 26.3 Å². The predicted molar refractivity (Wildman–Crippen MR) is 119 cm³/mol. The van der Waals surface area contributed by atoms with E-state index in [-0.39, 0.29) is 26.2 Å². The van der Waals surface area contributed by atoms with Crippen molar-refractivity contribution in [2.45, 2.75) is 25.0 Å². The summed E-state index contributed by atoms with van der Waals surface area (Å²) in [7, 11) is 0. The summed E-state index contributed by atoms with van der Waals surface area (Å²) in [6.07, 6.45) is -15.7. The second kappa shape index (κ2) is 11.2. The molecule has 0 spiro atoms. The maximum Gasteiger partial charge on any atom is 0.434 e. The van der Waals surface area contributed by atoms with Crippen LogP contribution in [0.4, 0.5) is 36.8 Å². The predicted octanol–water partition coefficient (Wildman–Crippen LogP) is 3.50. The zero-order chi connectivity index (χ0) is 26.0. The van der Waals surface area contributed by atoms with E-state index in [1.54, 1.807) is 12.3 Å². The Hall–Kier alpha value is -1.61. The van der Waals surface area contributed by atoms with Gasteiger partial charge in [0.1, 0.15) is 6.26 Å². The average molecular weight is 551 g/mol. The van der Waals surface area contributed by atoms with Crippen LogP contribution in [0.25, 0.3) is 0 Å². The molecule has 7 nitrogen and oxygen atoms in total. The van der Waals surface area contributed by atoms with Crippen LogP contribution in [0.5, 0.6) is 0 Å². The lowest BCUT2D eigenvalue weighted by Crippen LogP contribution is -2.52. The number of rotatable bonds is 5. The molecule has 2 heterocycles. The number of amides is 1. The van der Waals surface area contributed by atoms with Gasteiger partial charge in [0.25, 0.3) is 6.10 Å². The van der Waals surface area contributed by atoms with Crippen molar-refractivity contribution in [2.24, 2.45) is 0 Å². The van der Waals surface area contributed by atoms with Crippen molar-refractivity contribution in [3.05, 3.63) is 28.8 Å². The van der Waals surface area contributed by atoms with Gasteiger partial charge in [0.05, 0.1) is 13.1 Å². The number of alkyl halides is 6. The van der Waals surface area contributed by atoms with Crippen molar-refractivity contribution in [1.82, 2.24) is 14.1 Å². The van der Waals surface area contributed by atoms with E-state index in [0.717, 1.165) is 16.2 Å². The maximum atomic E-state index is 12.7. The van der Waals surface area contributed by atoms with Crippen molar-refractivity contribution in [3.63, 3.8) is 0 Å². The summed E-state index contributed by atoms with van der Waals surface area (Å²) in [6.45, 7) is 3.29. The van der Waals surface area contributed by atoms with Gasteiger partial charge in [0, 0.05) is 67.9 Å². The Bertz CT molecular complexity index is 861. The Morgan fingerprint density at radius 2 is 1.60 bits per heavy atom. The van der Waals surface area contributed by atoms with Gasteiger partial charge in [-0.15, -0.1) is 4.31 Å². The van der Waals surface area contributed by atoms with Crippen LogP contribution in [-0.2, 0) is 22.6 Å². The molecule has 2 aliphatic rings. The highest BCUT2D eigenvalue weighted by molar-refractivity contribution is 7.88. The molecule has 35 heavy (non-hydrogen) atoms. The fraction of sp³-hybridized carbons (Fsp3) is 0.650. The highest BCUT2D eigenvalue weighted by atomic mass is 35.5. The first kappa shape index (κ1) is 28.0. The summed E-state index contributed by atoms with van der Waals surface area (Å²) in [5.74, 6) is 0. The third kappa shape index (κ3) is 7.44. The number of nitrogens with zero attached hydrogens (tertiary/aromatic N) is 4. The Balaban J connectivity index is 1.59. The standard InChI is InChI=1S/C20H25ClF6N4O3S/c1-35(33)31-10-8-29(9-11-31)16-12-15(21)3-2-14(16)13-28-4-6-30(7-5-28)18(32)34-17(19(22,23)24)20(25,26)27/h2-3,12,17H,4-11,13H2,1H3. The monoisotopic (exact) mass is 550 g/mol. The summed E-state index contributed by atoms with van der Waals surface area (Å²) in [4.78, 5) is 16.9. The first-order valence-corrected chi connectivity index (χ1v) is 12.6. The van der Waals surface area contributed by atoms with Gasteiger partial charge in [-0.05, 0) is 17.7 Å². The van der Waals surface area contributed by atoms with Gasteiger partial charge < -0.3 is 19.1 Å². The summed E-state index contributed by atoms with van der Waals surface area (Å²) in [5, 5.41) is 0.543. The van der Waals surface area contributed by atoms with Gasteiger partial charge in [-0.3, -0.25) is 4.90 Å². The fourth-order valence-electron chi connectivity index (χ4n) is 3.98. The van der Waals surface area contributed by atoms with Crippen LogP contribution < -0.4 is 4.90 Å². The largest absolute Gasteiger partial charge is 0.598 e. The van der Waals surface area contributed by atoms with Crippen molar-refractivity contribution in [1.29, 1.82) is 0 Å². The summed E-state index contributed by atoms with van der Waals surface area (Å²) >= 11 is 5.14. The molecule has 1 aromatic carbocycles. The summed E-state index contributed by atoms with van der Waals surface area (Å²) < 4.78 is 93.4. The van der Waals surface area contributed by atoms with E-state index in [9.17, 15) is 35.7 Å². The minimum Gasteiger partial charge on any atom is -0.598 e. The highest BCUT2D eigenvalue weighted by Gasteiger charge is 2.60.